The monoisotopic (exact) mass is 552 g/mol. The maximum atomic E-state index is 11.9. The highest BCUT2D eigenvalue weighted by Gasteiger charge is 2.06. The number of amides is 2. The van der Waals surface area contributed by atoms with Crippen molar-refractivity contribution in [2.45, 2.75) is 19.3 Å². The Kier molecular flexibility index (Phi) is 10.2. The van der Waals surface area contributed by atoms with E-state index in [1.54, 1.807) is 26.4 Å². The molecule has 2 amide bonds. The summed E-state index contributed by atoms with van der Waals surface area (Å²) in [5.41, 5.74) is 6.31. The minimum absolute atomic E-state index is 0.156. The van der Waals surface area contributed by atoms with Crippen LogP contribution in [-0.2, 0) is 9.59 Å². The van der Waals surface area contributed by atoms with Crippen molar-refractivity contribution < 1.29 is 19.1 Å². The van der Waals surface area contributed by atoms with Gasteiger partial charge in [-0.2, -0.15) is 10.2 Å². The van der Waals surface area contributed by atoms with Crippen LogP contribution in [0.25, 0.3) is 0 Å². The molecule has 0 bridgehead atoms. The topological polar surface area (TPSA) is 101 Å². The van der Waals surface area contributed by atoms with E-state index in [0.717, 1.165) is 20.1 Å². The van der Waals surface area contributed by atoms with Crippen molar-refractivity contribution in [3.05, 3.63) is 56.5 Å². The summed E-state index contributed by atoms with van der Waals surface area (Å²) in [6.07, 6.45) is 3.68. The molecule has 0 fully saturated rings. The number of benzene rings is 2. The van der Waals surface area contributed by atoms with Gasteiger partial charge in [-0.25, -0.2) is 10.9 Å². The van der Waals surface area contributed by atoms with Crippen molar-refractivity contribution in [1.82, 2.24) is 10.9 Å². The summed E-state index contributed by atoms with van der Waals surface area (Å²) in [6.45, 7) is 0. The van der Waals surface area contributed by atoms with Crippen LogP contribution in [0.4, 0.5) is 0 Å². The maximum absolute atomic E-state index is 11.9. The van der Waals surface area contributed by atoms with Crippen molar-refractivity contribution in [2.75, 3.05) is 14.2 Å². The number of rotatable bonds is 10. The average Bonchev–Trinajstić information content (AvgIpc) is 2.74. The second kappa shape index (κ2) is 12.9. The Balaban J connectivity index is 1.73. The molecule has 0 saturated heterocycles. The molecule has 0 unspecified atom stereocenters. The molecular weight excluding hydrogens is 532 g/mol. The zero-order valence-corrected chi connectivity index (χ0v) is 20.2. The number of hydrazone groups is 2. The van der Waals surface area contributed by atoms with Crippen molar-refractivity contribution in [2.24, 2.45) is 10.2 Å². The fourth-order valence-corrected chi connectivity index (χ4v) is 3.24. The zero-order valence-electron chi connectivity index (χ0n) is 17.0. The van der Waals surface area contributed by atoms with Gasteiger partial charge >= 0.3 is 0 Å². The highest BCUT2D eigenvalue weighted by atomic mass is 79.9. The lowest BCUT2D eigenvalue weighted by atomic mass is 10.2. The molecule has 0 aliphatic carbocycles. The molecule has 2 aromatic rings. The fraction of sp³-hybridized carbons (Fsp3) is 0.238. The van der Waals surface area contributed by atoms with Crippen LogP contribution >= 0.6 is 31.9 Å². The summed E-state index contributed by atoms with van der Waals surface area (Å²) in [7, 11) is 3.12. The second-order valence-electron chi connectivity index (χ2n) is 6.21. The number of hydrogen-bond donors (Lipinski definition) is 2. The highest BCUT2D eigenvalue weighted by Crippen LogP contribution is 2.22. The molecular formula is C21H22Br2N4O4. The maximum Gasteiger partial charge on any atom is 0.240 e. The Morgan fingerprint density at radius 1 is 0.839 bits per heavy atom. The molecule has 2 rings (SSSR count). The largest absolute Gasteiger partial charge is 0.496 e. The minimum Gasteiger partial charge on any atom is -0.496 e. The first-order valence-corrected chi connectivity index (χ1v) is 10.8. The number of nitrogens with zero attached hydrogens (tertiary/aromatic N) is 2. The van der Waals surface area contributed by atoms with E-state index in [9.17, 15) is 9.59 Å². The molecule has 0 radical (unpaired) electrons. The van der Waals surface area contributed by atoms with Crippen LogP contribution in [0.3, 0.4) is 0 Å². The standard InChI is InChI=1S/C21H22Br2N4O4/c1-30-18-8-6-16(22)10-14(18)12-24-26-20(28)4-3-5-21(29)27-25-13-15-11-17(23)7-9-19(15)31-2/h6-13H,3-5H2,1-2H3,(H,26,28)(H,27,29). The molecule has 0 aliphatic heterocycles. The molecule has 0 aliphatic rings. The Hall–Kier alpha value is -2.72. The lowest BCUT2D eigenvalue weighted by Gasteiger charge is -2.05. The van der Waals surface area contributed by atoms with Gasteiger partial charge < -0.3 is 9.47 Å². The van der Waals surface area contributed by atoms with Gasteiger partial charge in [0.1, 0.15) is 11.5 Å². The van der Waals surface area contributed by atoms with E-state index in [0.29, 0.717) is 17.9 Å². The van der Waals surface area contributed by atoms with Crippen LogP contribution in [0.5, 0.6) is 11.5 Å². The molecule has 2 aromatic carbocycles. The van der Waals surface area contributed by atoms with Crippen LogP contribution in [0.2, 0.25) is 0 Å². The van der Waals surface area contributed by atoms with Gasteiger partial charge in [0, 0.05) is 32.9 Å². The number of carbonyl (C=O) groups excluding carboxylic acids is 2. The van der Waals surface area contributed by atoms with Gasteiger partial charge in [0.05, 0.1) is 26.6 Å². The molecule has 0 saturated carbocycles. The van der Waals surface area contributed by atoms with Gasteiger partial charge in [0.25, 0.3) is 0 Å². The molecule has 2 N–H and O–H groups in total. The quantitative estimate of drug-likeness (QED) is 0.343. The highest BCUT2D eigenvalue weighted by molar-refractivity contribution is 9.10. The Labute approximate surface area is 197 Å². The van der Waals surface area contributed by atoms with Gasteiger partial charge in [-0.3, -0.25) is 9.59 Å². The van der Waals surface area contributed by atoms with Crippen LogP contribution < -0.4 is 20.3 Å². The second-order valence-corrected chi connectivity index (χ2v) is 8.04. The summed E-state index contributed by atoms with van der Waals surface area (Å²) in [5, 5.41) is 7.86. The zero-order chi connectivity index (χ0) is 22.6. The molecule has 0 spiro atoms. The number of ether oxygens (including phenoxy) is 2. The molecule has 8 nitrogen and oxygen atoms in total. The first-order valence-electron chi connectivity index (χ1n) is 9.24. The molecule has 0 aromatic heterocycles. The summed E-state index contributed by atoms with van der Waals surface area (Å²) < 4.78 is 12.2. The molecule has 31 heavy (non-hydrogen) atoms. The number of carbonyl (C=O) groups is 2. The van der Waals surface area contributed by atoms with E-state index < -0.39 is 0 Å². The summed E-state index contributed by atoms with van der Waals surface area (Å²) >= 11 is 6.75. The Bertz CT molecular complexity index is 902. The normalized spacial score (nSPS) is 11.0. The van der Waals surface area contributed by atoms with Gasteiger partial charge in [-0.15, -0.1) is 0 Å². The van der Waals surface area contributed by atoms with E-state index in [2.05, 4.69) is 52.9 Å². The number of hydrogen-bond acceptors (Lipinski definition) is 6. The van der Waals surface area contributed by atoms with E-state index in [1.807, 2.05) is 24.3 Å². The predicted octanol–water partition coefficient (Wildman–Crippen LogP) is 4.00. The first kappa shape index (κ1) is 24.5. The third-order valence-electron chi connectivity index (χ3n) is 3.98. The molecule has 0 heterocycles. The smallest absolute Gasteiger partial charge is 0.240 e. The van der Waals surface area contributed by atoms with Gasteiger partial charge in [-0.05, 0) is 42.8 Å². The van der Waals surface area contributed by atoms with Crippen molar-refractivity contribution in [1.29, 1.82) is 0 Å². The van der Waals surface area contributed by atoms with Crippen LogP contribution in [0.1, 0.15) is 30.4 Å². The van der Waals surface area contributed by atoms with Gasteiger partial charge in [0.15, 0.2) is 0 Å². The molecule has 164 valence electrons. The minimum atomic E-state index is -0.291. The fourth-order valence-electron chi connectivity index (χ4n) is 2.48. The number of methoxy groups -OCH3 is 2. The lowest BCUT2D eigenvalue weighted by Crippen LogP contribution is -2.20. The predicted molar refractivity (Wildman–Crippen MR) is 127 cm³/mol. The number of nitrogens with one attached hydrogen (secondary N) is 2. The number of halogens is 2. The van der Waals surface area contributed by atoms with E-state index >= 15 is 0 Å². The third-order valence-corrected chi connectivity index (χ3v) is 4.96. The lowest BCUT2D eigenvalue weighted by molar-refractivity contribution is -0.122. The van der Waals surface area contributed by atoms with Crippen molar-refractivity contribution in [3.8, 4) is 11.5 Å². The first-order chi connectivity index (χ1) is 14.9. The summed E-state index contributed by atoms with van der Waals surface area (Å²) in [6, 6.07) is 10.9. The Morgan fingerprint density at radius 3 is 1.65 bits per heavy atom. The van der Waals surface area contributed by atoms with Crippen LogP contribution in [0, 0.1) is 0 Å². The molecule has 0 atom stereocenters. The SMILES string of the molecule is COc1ccc(Br)cc1C=NNC(=O)CCCC(=O)NN=Cc1cc(Br)ccc1OC. The van der Waals surface area contributed by atoms with Crippen LogP contribution in [0.15, 0.2) is 55.5 Å². The van der Waals surface area contributed by atoms with Crippen molar-refractivity contribution in [3.63, 3.8) is 0 Å². The average molecular weight is 554 g/mol. The molecule has 10 heteroatoms. The van der Waals surface area contributed by atoms with E-state index in [-0.39, 0.29) is 24.7 Å². The summed E-state index contributed by atoms with van der Waals surface area (Å²) in [5.74, 6) is 0.693. The van der Waals surface area contributed by atoms with Gasteiger partial charge in [0.2, 0.25) is 11.8 Å². The van der Waals surface area contributed by atoms with Crippen LogP contribution in [-0.4, -0.2) is 38.5 Å². The van der Waals surface area contributed by atoms with E-state index in [4.69, 9.17) is 9.47 Å². The third kappa shape index (κ3) is 8.50. The van der Waals surface area contributed by atoms with E-state index in [1.165, 1.54) is 12.4 Å². The van der Waals surface area contributed by atoms with Gasteiger partial charge in [-0.1, -0.05) is 31.9 Å². The Morgan fingerprint density at radius 2 is 1.26 bits per heavy atom. The van der Waals surface area contributed by atoms with Crippen molar-refractivity contribution >= 4 is 56.1 Å². The summed E-state index contributed by atoms with van der Waals surface area (Å²) in [4.78, 5) is 23.8.